The van der Waals surface area contributed by atoms with Gasteiger partial charge in [0.25, 0.3) is 0 Å². The highest BCUT2D eigenvalue weighted by Gasteiger charge is 2.22. The van der Waals surface area contributed by atoms with Crippen LogP contribution in [0.1, 0.15) is 0 Å². The molecule has 0 saturated carbocycles. The van der Waals surface area contributed by atoms with Crippen molar-refractivity contribution in [2.24, 2.45) is 0 Å². The first-order valence-corrected chi connectivity index (χ1v) is 15.9. The van der Waals surface area contributed by atoms with Crippen LogP contribution in [0, 0.1) is 0 Å². The average Bonchev–Trinajstić information content (AvgIpc) is 3.66. The largest absolute Gasteiger partial charge is 0.134 e. The van der Waals surface area contributed by atoms with E-state index < -0.39 is 0 Å². The van der Waals surface area contributed by atoms with Crippen molar-refractivity contribution < 1.29 is 0 Å². The van der Waals surface area contributed by atoms with Gasteiger partial charge in [0, 0.05) is 20.3 Å². The Morgan fingerprint density at radius 3 is 1.55 bits per heavy atom. The minimum Gasteiger partial charge on any atom is -0.134 e. The smallest absolute Gasteiger partial charge is 0.0540 e. The Kier molecular flexibility index (Phi) is 5.34. The fraction of sp³-hybridized carbons (Fsp3) is 0. The first kappa shape index (κ1) is 23.9. The summed E-state index contributed by atoms with van der Waals surface area (Å²) in [6.45, 7) is 0. The molecule has 0 aliphatic heterocycles. The fourth-order valence-corrected chi connectivity index (χ4v) is 9.19. The number of hydrogen-bond acceptors (Lipinski definition) is 2. The quantitative estimate of drug-likeness (QED) is 0.186. The van der Waals surface area contributed by atoms with Crippen LogP contribution in [0.5, 0.6) is 0 Å². The van der Waals surface area contributed by atoms with Gasteiger partial charge < -0.3 is 0 Å². The summed E-state index contributed by atoms with van der Waals surface area (Å²) in [5, 5.41) is 9.19. The third kappa shape index (κ3) is 3.53. The summed E-state index contributed by atoms with van der Waals surface area (Å²) >= 11 is 3.85. The van der Waals surface area contributed by atoms with E-state index in [0.29, 0.717) is 0 Å². The summed E-state index contributed by atoms with van der Waals surface area (Å²) in [7, 11) is 0. The van der Waals surface area contributed by atoms with E-state index in [9.17, 15) is 0 Å². The van der Waals surface area contributed by atoms with Crippen molar-refractivity contribution in [1.82, 2.24) is 0 Å². The molecule has 7 aromatic carbocycles. The van der Waals surface area contributed by atoms with E-state index in [-0.39, 0.29) is 0 Å². The molecule has 0 nitrogen and oxygen atoms in total. The molecule has 2 heterocycles. The zero-order valence-electron chi connectivity index (χ0n) is 22.7. The lowest BCUT2D eigenvalue weighted by molar-refractivity contribution is 1.67. The Bertz CT molecular complexity index is 2390. The lowest BCUT2D eigenvalue weighted by Gasteiger charge is -2.18. The first-order valence-electron chi connectivity index (χ1n) is 14.3. The van der Waals surface area contributed by atoms with Crippen LogP contribution in [0.3, 0.4) is 0 Å². The highest BCUT2D eigenvalue weighted by atomic mass is 32.1. The van der Waals surface area contributed by atoms with Gasteiger partial charge in [0.15, 0.2) is 0 Å². The van der Waals surface area contributed by atoms with Gasteiger partial charge >= 0.3 is 0 Å². The molecule has 0 atom stereocenters. The third-order valence-corrected chi connectivity index (χ3v) is 11.0. The summed E-state index contributed by atoms with van der Waals surface area (Å²) in [5.41, 5.74) is 6.48. The Morgan fingerprint density at radius 2 is 0.905 bits per heavy atom. The second-order valence-corrected chi connectivity index (χ2v) is 12.9. The minimum atomic E-state index is 1.25. The lowest BCUT2D eigenvalue weighted by atomic mass is 9.84. The van der Waals surface area contributed by atoms with Gasteiger partial charge in [-0.25, -0.2) is 0 Å². The van der Waals surface area contributed by atoms with Crippen LogP contribution in [0.15, 0.2) is 146 Å². The maximum absolute atomic E-state index is 2.47. The molecule has 0 radical (unpaired) electrons. The molecular formula is C40H24S2. The van der Waals surface area contributed by atoms with E-state index in [0.717, 1.165) is 0 Å². The summed E-state index contributed by atoms with van der Waals surface area (Å²) in [4.78, 5) is 1.32. The number of benzene rings is 7. The van der Waals surface area contributed by atoms with Crippen LogP contribution in [0.4, 0.5) is 0 Å². The fourth-order valence-electron chi connectivity index (χ4n) is 6.67. The number of rotatable bonds is 3. The highest BCUT2D eigenvalue weighted by molar-refractivity contribution is 7.32. The Hall–Kier alpha value is -4.76. The second kappa shape index (κ2) is 9.39. The number of hydrogen-bond donors (Lipinski definition) is 0. The molecule has 42 heavy (non-hydrogen) atoms. The maximum atomic E-state index is 2.47. The van der Waals surface area contributed by atoms with Crippen LogP contribution in [-0.4, -0.2) is 0 Å². The van der Waals surface area contributed by atoms with Gasteiger partial charge in [-0.2, -0.15) is 0 Å². The first-order chi connectivity index (χ1) is 20.8. The summed E-state index contributed by atoms with van der Waals surface area (Å²) < 4.78 is 4.10. The molecule has 0 amide bonds. The topological polar surface area (TPSA) is 0 Å². The number of thiophene rings is 2. The van der Waals surface area contributed by atoms with Crippen LogP contribution < -0.4 is 0 Å². The van der Waals surface area contributed by atoms with E-state index >= 15 is 0 Å². The van der Waals surface area contributed by atoms with E-state index in [4.69, 9.17) is 0 Å². The maximum Gasteiger partial charge on any atom is 0.0540 e. The second-order valence-electron chi connectivity index (χ2n) is 10.8. The van der Waals surface area contributed by atoms with Gasteiger partial charge in [-0.1, -0.05) is 127 Å². The van der Waals surface area contributed by atoms with E-state index in [1.54, 1.807) is 0 Å². The van der Waals surface area contributed by atoms with Crippen LogP contribution in [-0.2, 0) is 0 Å². The Labute approximate surface area is 251 Å². The van der Waals surface area contributed by atoms with Crippen LogP contribution in [0.25, 0.3) is 84.5 Å². The molecule has 9 aromatic rings. The summed E-state index contributed by atoms with van der Waals surface area (Å²) in [5.74, 6) is 0. The molecular weight excluding hydrogens is 545 g/mol. The molecule has 0 aliphatic rings. The molecule has 0 aliphatic carbocycles. The van der Waals surface area contributed by atoms with Gasteiger partial charge in [-0.05, 0) is 72.9 Å². The zero-order valence-corrected chi connectivity index (χ0v) is 24.3. The Balaban J connectivity index is 1.48. The molecule has 196 valence electrons. The van der Waals surface area contributed by atoms with Gasteiger partial charge in [0.2, 0.25) is 0 Å². The molecule has 2 heteroatoms. The van der Waals surface area contributed by atoms with Crippen molar-refractivity contribution in [3.63, 3.8) is 0 Å². The van der Waals surface area contributed by atoms with Gasteiger partial charge in [0.05, 0.1) is 9.40 Å². The van der Waals surface area contributed by atoms with Gasteiger partial charge in [-0.3, -0.25) is 0 Å². The monoisotopic (exact) mass is 568 g/mol. The molecule has 0 spiro atoms. The lowest BCUT2D eigenvalue weighted by Crippen LogP contribution is -1.91. The average molecular weight is 569 g/mol. The SMILES string of the molecule is c1ccc(-c2cc3cc(-c4c5ccccc5c(-c5ccccc5)c5ccccc45)c4c5ccccc5sc4c3s2)cc1. The number of fused-ring (bicyclic) bond motifs is 7. The molecule has 0 saturated heterocycles. The predicted molar refractivity (Wildman–Crippen MR) is 186 cm³/mol. The van der Waals surface area contributed by atoms with Crippen molar-refractivity contribution in [3.05, 3.63) is 146 Å². The minimum absolute atomic E-state index is 1.25. The van der Waals surface area contributed by atoms with Crippen LogP contribution in [0.2, 0.25) is 0 Å². The zero-order chi connectivity index (χ0) is 27.6. The van der Waals surface area contributed by atoms with Crippen molar-refractivity contribution in [2.45, 2.75) is 0 Å². The standard InChI is InChI=1S/C40H24S2/c1-3-13-25(14-4-1)35-24-27-23-33(38-32-21-11-12-22-34(32)41-40(38)39(27)42-35)37-30-19-9-7-17-28(30)36(26-15-5-2-6-16-26)29-18-8-10-20-31(29)37/h1-24H. The van der Waals surface area contributed by atoms with Crippen molar-refractivity contribution in [3.8, 4) is 32.7 Å². The normalized spacial score (nSPS) is 11.8. The molecule has 2 aromatic heterocycles. The molecule has 9 rings (SSSR count). The highest BCUT2D eigenvalue weighted by Crippen LogP contribution is 2.51. The van der Waals surface area contributed by atoms with Gasteiger partial charge in [-0.15, -0.1) is 22.7 Å². The summed E-state index contributed by atoms with van der Waals surface area (Å²) in [6.07, 6.45) is 0. The van der Waals surface area contributed by atoms with Crippen LogP contribution >= 0.6 is 22.7 Å². The van der Waals surface area contributed by atoms with E-state index in [2.05, 4.69) is 146 Å². The third-order valence-electron chi connectivity index (χ3n) is 8.45. The predicted octanol–water partition coefficient (Wildman–Crippen LogP) is 12.6. The van der Waals surface area contributed by atoms with Crippen molar-refractivity contribution in [1.29, 1.82) is 0 Å². The Morgan fingerprint density at radius 1 is 0.381 bits per heavy atom. The van der Waals surface area contributed by atoms with Crippen molar-refractivity contribution in [2.75, 3.05) is 0 Å². The van der Waals surface area contributed by atoms with Crippen molar-refractivity contribution >= 4 is 74.5 Å². The van der Waals surface area contributed by atoms with E-state index in [1.165, 1.54) is 84.5 Å². The molecule has 0 unspecified atom stereocenters. The van der Waals surface area contributed by atoms with E-state index in [1.807, 2.05) is 22.7 Å². The van der Waals surface area contributed by atoms with Gasteiger partial charge in [0.1, 0.15) is 0 Å². The molecule has 0 fully saturated rings. The molecule has 0 bridgehead atoms. The summed E-state index contributed by atoms with van der Waals surface area (Å²) in [6, 6.07) is 53.4. The molecule has 0 N–H and O–H groups in total.